The zero-order valence-electron chi connectivity index (χ0n) is 9.55. The lowest BCUT2D eigenvalue weighted by Crippen LogP contribution is -2.21. The predicted octanol–water partition coefficient (Wildman–Crippen LogP) is 3.23. The van der Waals surface area contributed by atoms with Crippen molar-refractivity contribution < 1.29 is 31.8 Å². The van der Waals surface area contributed by atoms with Crippen LogP contribution in [0.4, 0.5) is 17.6 Å². The molecule has 106 valence electrons. The number of esters is 1. The Labute approximate surface area is 119 Å². The Kier molecular flexibility index (Phi) is 5.32. The van der Waals surface area contributed by atoms with Gasteiger partial charge in [0.25, 0.3) is 0 Å². The molecule has 0 N–H and O–H groups in total. The molecule has 0 aromatic carbocycles. The van der Waals surface area contributed by atoms with Crippen LogP contribution < -0.4 is 4.74 Å². The molecule has 0 radical (unpaired) electrons. The molecule has 0 unspecified atom stereocenters. The topological polar surface area (TPSA) is 48.4 Å². The van der Waals surface area contributed by atoms with Crippen LogP contribution in [0, 0.1) is 3.57 Å². The third kappa shape index (κ3) is 4.18. The summed E-state index contributed by atoms with van der Waals surface area (Å²) >= 11 is 1.43. The monoisotopic (exact) mass is 393 g/mol. The molecule has 4 nitrogen and oxygen atoms in total. The van der Waals surface area contributed by atoms with Gasteiger partial charge in [-0.2, -0.15) is 0 Å². The Hall–Kier alpha value is -1.13. The van der Waals surface area contributed by atoms with Gasteiger partial charge in [-0.25, -0.2) is 9.18 Å². The van der Waals surface area contributed by atoms with Gasteiger partial charge in [0.1, 0.15) is 12.2 Å². The van der Waals surface area contributed by atoms with Crippen LogP contribution in [0.5, 0.6) is 5.75 Å². The summed E-state index contributed by atoms with van der Waals surface area (Å²) in [4.78, 5) is 15.1. The first-order valence-electron chi connectivity index (χ1n) is 4.96. The van der Waals surface area contributed by atoms with Crippen molar-refractivity contribution in [1.82, 2.24) is 4.98 Å². The van der Waals surface area contributed by atoms with Crippen molar-refractivity contribution in [2.75, 3.05) is 6.61 Å². The molecule has 0 atom stereocenters. The zero-order valence-corrected chi connectivity index (χ0v) is 11.7. The second kappa shape index (κ2) is 6.35. The highest BCUT2D eigenvalue weighted by atomic mass is 127. The number of carbonyl (C=O) groups is 1. The van der Waals surface area contributed by atoms with Crippen molar-refractivity contribution >= 4 is 28.6 Å². The number of ether oxygens (including phenoxy) is 2. The van der Waals surface area contributed by atoms with Gasteiger partial charge in [-0.1, -0.05) is 0 Å². The molecule has 0 saturated carbocycles. The molecule has 0 bridgehead atoms. The molecule has 0 saturated heterocycles. The minimum atomic E-state index is -5.00. The van der Waals surface area contributed by atoms with Gasteiger partial charge in [-0.3, -0.25) is 4.98 Å². The third-order valence-corrected chi connectivity index (χ3v) is 3.00. The van der Waals surface area contributed by atoms with E-state index in [0.29, 0.717) is 0 Å². The summed E-state index contributed by atoms with van der Waals surface area (Å²) in [7, 11) is 0. The number of carbonyl (C=O) groups excluding carboxylic acids is 1. The van der Waals surface area contributed by atoms with Gasteiger partial charge in [-0.05, 0) is 29.5 Å². The number of alkyl halides is 4. The molecule has 0 fully saturated rings. The molecule has 0 spiro atoms. The number of hydrogen-bond donors (Lipinski definition) is 0. The largest absolute Gasteiger partial charge is 0.573 e. The molecule has 0 aliphatic heterocycles. The second-order valence-electron chi connectivity index (χ2n) is 3.16. The standard InChI is InChI=1S/C10H8F4INO3/c1-2-18-9(17)5-4-16-6(3-11)7(15)8(5)19-10(12,13)14/h4H,2-3H2,1H3. The molecule has 9 heteroatoms. The molecule has 19 heavy (non-hydrogen) atoms. The smallest absolute Gasteiger partial charge is 0.462 e. The molecule has 0 aliphatic carbocycles. The second-order valence-corrected chi connectivity index (χ2v) is 4.24. The van der Waals surface area contributed by atoms with Crippen molar-refractivity contribution in [2.45, 2.75) is 20.0 Å². The first kappa shape index (κ1) is 15.9. The maximum atomic E-state index is 12.6. The predicted molar refractivity (Wildman–Crippen MR) is 64.4 cm³/mol. The van der Waals surface area contributed by atoms with Crippen molar-refractivity contribution in [1.29, 1.82) is 0 Å². The van der Waals surface area contributed by atoms with E-state index in [9.17, 15) is 22.4 Å². The fourth-order valence-corrected chi connectivity index (χ4v) is 1.85. The first-order valence-corrected chi connectivity index (χ1v) is 6.04. The Bertz CT molecular complexity index is 479. The molecule has 1 aromatic heterocycles. The third-order valence-electron chi connectivity index (χ3n) is 1.89. The lowest BCUT2D eigenvalue weighted by atomic mass is 10.2. The van der Waals surface area contributed by atoms with Gasteiger partial charge in [0.05, 0.1) is 15.9 Å². The van der Waals surface area contributed by atoms with Crippen LogP contribution in [0.3, 0.4) is 0 Å². The number of pyridine rings is 1. The van der Waals surface area contributed by atoms with Gasteiger partial charge in [0.2, 0.25) is 0 Å². The number of halogens is 5. The van der Waals surface area contributed by atoms with Crippen LogP contribution in [0.1, 0.15) is 23.0 Å². The van der Waals surface area contributed by atoms with Crippen molar-refractivity contribution in [3.05, 3.63) is 21.0 Å². The molecule has 1 aromatic rings. The number of hydrogen-bond acceptors (Lipinski definition) is 4. The van der Waals surface area contributed by atoms with E-state index in [1.54, 1.807) is 0 Å². The van der Waals surface area contributed by atoms with E-state index in [1.807, 2.05) is 0 Å². The van der Waals surface area contributed by atoms with Crippen molar-refractivity contribution in [3.8, 4) is 5.75 Å². The maximum Gasteiger partial charge on any atom is 0.573 e. The summed E-state index contributed by atoms with van der Waals surface area (Å²) in [5.41, 5.74) is -0.742. The Morgan fingerprint density at radius 3 is 2.58 bits per heavy atom. The Morgan fingerprint density at radius 1 is 1.47 bits per heavy atom. The number of rotatable bonds is 4. The van der Waals surface area contributed by atoms with Gasteiger partial charge in [0, 0.05) is 6.20 Å². The highest BCUT2D eigenvalue weighted by Gasteiger charge is 2.35. The quantitative estimate of drug-likeness (QED) is 0.448. The van der Waals surface area contributed by atoms with Crippen LogP contribution in [0.25, 0.3) is 0 Å². The summed E-state index contributed by atoms with van der Waals surface area (Å²) in [6.45, 7) is 0.401. The molecule has 1 heterocycles. The van der Waals surface area contributed by atoms with E-state index in [1.165, 1.54) is 29.5 Å². The fraction of sp³-hybridized carbons (Fsp3) is 0.400. The van der Waals surface area contributed by atoms with Crippen LogP contribution in [0.15, 0.2) is 6.20 Å². The first-order chi connectivity index (χ1) is 8.80. The van der Waals surface area contributed by atoms with E-state index in [-0.39, 0.29) is 15.9 Å². The molecule has 0 amide bonds. The highest BCUT2D eigenvalue weighted by Crippen LogP contribution is 2.33. The molecular formula is C10H8F4INO3. The fourth-order valence-electron chi connectivity index (χ4n) is 1.17. The van der Waals surface area contributed by atoms with Crippen molar-refractivity contribution in [2.24, 2.45) is 0 Å². The summed E-state index contributed by atoms with van der Waals surface area (Å²) in [5, 5.41) is 0. The molecule has 1 rings (SSSR count). The highest BCUT2D eigenvalue weighted by molar-refractivity contribution is 14.1. The minimum absolute atomic E-state index is 0.0221. The molecular weight excluding hydrogens is 385 g/mol. The van der Waals surface area contributed by atoms with E-state index < -0.39 is 30.3 Å². The van der Waals surface area contributed by atoms with Crippen LogP contribution in [-0.4, -0.2) is 23.9 Å². The lowest BCUT2D eigenvalue weighted by Gasteiger charge is -2.15. The van der Waals surface area contributed by atoms with Gasteiger partial charge in [-0.15, -0.1) is 13.2 Å². The van der Waals surface area contributed by atoms with Gasteiger partial charge in [0.15, 0.2) is 5.75 Å². The maximum absolute atomic E-state index is 12.6. The minimum Gasteiger partial charge on any atom is -0.462 e. The average Bonchev–Trinajstić information content (AvgIpc) is 2.30. The Balaban J connectivity index is 3.30. The summed E-state index contributed by atoms with van der Waals surface area (Å²) < 4.78 is 57.6. The van der Waals surface area contributed by atoms with E-state index in [0.717, 1.165) is 6.20 Å². The zero-order chi connectivity index (χ0) is 14.6. The van der Waals surface area contributed by atoms with Crippen LogP contribution in [0.2, 0.25) is 0 Å². The van der Waals surface area contributed by atoms with E-state index in [4.69, 9.17) is 0 Å². The van der Waals surface area contributed by atoms with E-state index in [2.05, 4.69) is 14.5 Å². The summed E-state index contributed by atoms with van der Waals surface area (Å²) in [6.07, 6.45) is -4.20. The van der Waals surface area contributed by atoms with Crippen LogP contribution in [-0.2, 0) is 11.4 Å². The lowest BCUT2D eigenvalue weighted by molar-refractivity contribution is -0.275. The summed E-state index contributed by atoms with van der Waals surface area (Å²) in [6, 6.07) is 0. The van der Waals surface area contributed by atoms with Gasteiger partial charge < -0.3 is 9.47 Å². The number of nitrogens with zero attached hydrogens (tertiary/aromatic N) is 1. The summed E-state index contributed by atoms with van der Waals surface area (Å²) in [5.74, 6) is -1.81. The Morgan fingerprint density at radius 2 is 2.11 bits per heavy atom. The number of aromatic nitrogens is 1. The normalized spacial score (nSPS) is 11.3. The van der Waals surface area contributed by atoms with Gasteiger partial charge >= 0.3 is 12.3 Å². The SMILES string of the molecule is CCOC(=O)c1cnc(CF)c(I)c1OC(F)(F)F. The van der Waals surface area contributed by atoms with Crippen LogP contribution >= 0.6 is 22.6 Å². The van der Waals surface area contributed by atoms with Crippen molar-refractivity contribution in [3.63, 3.8) is 0 Å². The average molecular weight is 393 g/mol. The molecule has 0 aliphatic rings. The van der Waals surface area contributed by atoms with E-state index >= 15 is 0 Å².